The normalized spacial score (nSPS) is 15.1. The van der Waals surface area contributed by atoms with Crippen molar-refractivity contribution in [3.05, 3.63) is 59.0 Å². The number of carbonyl (C=O) groups excluding carboxylic acids is 1. The molecule has 0 aliphatic carbocycles. The molecule has 180 valence electrons. The van der Waals surface area contributed by atoms with Gasteiger partial charge in [0.05, 0.1) is 17.3 Å². The minimum Gasteiger partial charge on any atom is -0.482 e. The van der Waals surface area contributed by atoms with E-state index >= 15 is 0 Å². The Morgan fingerprint density at radius 3 is 2.71 bits per heavy atom. The summed E-state index contributed by atoms with van der Waals surface area (Å²) >= 11 is 5.99. The van der Waals surface area contributed by atoms with Crippen LogP contribution in [-0.2, 0) is 9.63 Å². The van der Waals surface area contributed by atoms with Gasteiger partial charge in [0.25, 0.3) is 0 Å². The Balaban J connectivity index is 1.64. The van der Waals surface area contributed by atoms with Crippen LogP contribution in [0, 0.1) is 11.6 Å². The number of ether oxygens (including phenoxy) is 1. The van der Waals surface area contributed by atoms with E-state index in [4.69, 9.17) is 21.2 Å². The van der Waals surface area contributed by atoms with Gasteiger partial charge >= 0.3 is 5.97 Å². The molecule has 1 fully saturated rings. The Morgan fingerprint density at radius 1 is 1.24 bits per heavy atom. The number of nitrogens with one attached hydrogen (secondary N) is 2. The number of pyridine rings is 1. The maximum absolute atomic E-state index is 14.4. The van der Waals surface area contributed by atoms with E-state index in [2.05, 4.69) is 20.9 Å². The number of piperidine rings is 1. The third-order valence-corrected chi connectivity index (χ3v) is 5.94. The molecule has 1 saturated heterocycles. The van der Waals surface area contributed by atoms with Gasteiger partial charge < -0.3 is 14.9 Å². The standard InChI is InChI=1S/C23H24ClF2N5O3/c1-13(21-18(25)3-4-19(26)22(21)24)33-20-9-15(10-28-23(20)30-34-14(2)32)16-11-29-31(12-16)17-5-7-27-8-6-17/h3-4,9-13,17,27H,5-8H2,1-2H3,(H,28,30)/t13-/m1/s1. The van der Waals surface area contributed by atoms with Crippen molar-refractivity contribution in [2.45, 2.75) is 38.8 Å². The van der Waals surface area contributed by atoms with Gasteiger partial charge in [-0.25, -0.2) is 13.8 Å². The van der Waals surface area contributed by atoms with Crippen molar-refractivity contribution in [2.24, 2.45) is 0 Å². The zero-order chi connectivity index (χ0) is 24.2. The summed E-state index contributed by atoms with van der Waals surface area (Å²) in [6.07, 6.45) is 6.22. The minimum absolute atomic E-state index is 0.0875. The summed E-state index contributed by atoms with van der Waals surface area (Å²) in [6, 6.07) is 3.90. The van der Waals surface area contributed by atoms with Crippen molar-refractivity contribution < 1.29 is 23.1 Å². The highest BCUT2D eigenvalue weighted by Crippen LogP contribution is 2.36. The third-order valence-electron chi connectivity index (χ3n) is 5.55. The molecule has 0 amide bonds. The zero-order valence-corrected chi connectivity index (χ0v) is 19.4. The molecule has 2 aromatic heterocycles. The van der Waals surface area contributed by atoms with E-state index in [1.165, 1.54) is 13.8 Å². The number of nitrogens with zero attached hydrogens (tertiary/aromatic N) is 3. The molecule has 11 heteroatoms. The summed E-state index contributed by atoms with van der Waals surface area (Å²) in [6.45, 7) is 4.63. The van der Waals surface area contributed by atoms with Gasteiger partial charge in [-0.15, -0.1) is 0 Å². The number of aromatic nitrogens is 3. The van der Waals surface area contributed by atoms with Crippen LogP contribution in [-0.4, -0.2) is 33.8 Å². The van der Waals surface area contributed by atoms with Gasteiger partial charge in [0.2, 0.25) is 5.82 Å². The van der Waals surface area contributed by atoms with Crippen LogP contribution in [0.1, 0.15) is 44.4 Å². The lowest BCUT2D eigenvalue weighted by Crippen LogP contribution is -2.29. The molecule has 1 aromatic carbocycles. The molecule has 1 aliphatic heterocycles. The SMILES string of the molecule is CC(=O)ONc1ncc(-c2cnn(C3CCNCC3)c2)cc1O[C@H](C)c1c(F)ccc(F)c1Cl. The van der Waals surface area contributed by atoms with Crippen LogP contribution in [0.25, 0.3) is 11.1 Å². The molecule has 0 unspecified atom stereocenters. The summed E-state index contributed by atoms with van der Waals surface area (Å²) < 4.78 is 36.2. The molecule has 1 aliphatic rings. The van der Waals surface area contributed by atoms with Crippen LogP contribution < -0.4 is 15.5 Å². The van der Waals surface area contributed by atoms with Crippen LogP contribution in [0.15, 0.2) is 36.8 Å². The van der Waals surface area contributed by atoms with Crippen molar-refractivity contribution in [2.75, 3.05) is 18.6 Å². The van der Waals surface area contributed by atoms with Crippen molar-refractivity contribution >= 4 is 23.4 Å². The molecule has 1 atom stereocenters. The van der Waals surface area contributed by atoms with Crippen LogP contribution >= 0.6 is 11.6 Å². The van der Waals surface area contributed by atoms with E-state index in [1.54, 1.807) is 18.5 Å². The highest BCUT2D eigenvalue weighted by Gasteiger charge is 2.22. The number of hydrogen-bond acceptors (Lipinski definition) is 7. The highest BCUT2D eigenvalue weighted by atomic mass is 35.5. The highest BCUT2D eigenvalue weighted by molar-refractivity contribution is 6.31. The van der Waals surface area contributed by atoms with E-state index in [-0.39, 0.29) is 22.2 Å². The van der Waals surface area contributed by atoms with E-state index < -0.39 is 23.7 Å². The first-order chi connectivity index (χ1) is 16.3. The first-order valence-electron chi connectivity index (χ1n) is 10.8. The number of halogens is 3. The number of rotatable bonds is 7. The molecular weight excluding hydrogens is 468 g/mol. The van der Waals surface area contributed by atoms with Gasteiger partial charge in [-0.2, -0.15) is 10.6 Å². The molecule has 2 N–H and O–H groups in total. The molecule has 0 bridgehead atoms. The maximum Gasteiger partial charge on any atom is 0.329 e. The van der Waals surface area contributed by atoms with Gasteiger partial charge in [0.15, 0.2) is 5.75 Å². The van der Waals surface area contributed by atoms with Crippen molar-refractivity contribution in [1.29, 1.82) is 0 Å². The Morgan fingerprint density at radius 2 is 1.97 bits per heavy atom. The topological polar surface area (TPSA) is 90.3 Å². The Hall–Kier alpha value is -3.24. The van der Waals surface area contributed by atoms with Gasteiger partial charge in [0.1, 0.15) is 17.7 Å². The summed E-state index contributed by atoms with van der Waals surface area (Å²) in [5.74, 6) is -1.82. The van der Waals surface area contributed by atoms with Crippen molar-refractivity contribution in [3.8, 4) is 16.9 Å². The van der Waals surface area contributed by atoms with Crippen molar-refractivity contribution in [3.63, 3.8) is 0 Å². The molecule has 0 radical (unpaired) electrons. The fourth-order valence-corrected chi connectivity index (χ4v) is 4.12. The second-order valence-corrected chi connectivity index (χ2v) is 8.35. The summed E-state index contributed by atoms with van der Waals surface area (Å²) in [7, 11) is 0. The monoisotopic (exact) mass is 491 g/mol. The lowest BCUT2D eigenvalue weighted by Gasteiger charge is -2.22. The average Bonchev–Trinajstić information content (AvgIpc) is 3.32. The number of hydrogen-bond donors (Lipinski definition) is 2. The quantitative estimate of drug-likeness (QED) is 0.361. The fraction of sp³-hybridized carbons (Fsp3) is 0.348. The van der Waals surface area contributed by atoms with Crippen LogP contribution in [0.2, 0.25) is 5.02 Å². The second kappa shape index (κ2) is 10.4. The van der Waals surface area contributed by atoms with Crippen LogP contribution in [0.4, 0.5) is 14.6 Å². The van der Waals surface area contributed by atoms with Gasteiger partial charge in [0, 0.05) is 36.0 Å². The molecule has 0 saturated carbocycles. The first-order valence-corrected chi connectivity index (χ1v) is 11.2. The van der Waals surface area contributed by atoms with E-state index in [0.717, 1.165) is 43.6 Å². The molecule has 8 nitrogen and oxygen atoms in total. The van der Waals surface area contributed by atoms with E-state index in [1.807, 2.05) is 10.9 Å². The zero-order valence-electron chi connectivity index (χ0n) is 18.6. The van der Waals surface area contributed by atoms with E-state index in [0.29, 0.717) is 11.6 Å². The Labute approximate surface area is 200 Å². The summed E-state index contributed by atoms with van der Waals surface area (Å²) in [5, 5.41) is 7.46. The summed E-state index contributed by atoms with van der Waals surface area (Å²) in [5.41, 5.74) is 3.78. The molecule has 34 heavy (non-hydrogen) atoms. The Bertz CT molecular complexity index is 1180. The third kappa shape index (κ3) is 5.28. The smallest absolute Gasteiger partial charge is 0.329 e. The average molecular weight is 492 g/mol. The molecule has 3 heterocycles. The summed E-state index contributed by atoms with van der Waals surface area (Å²) in [4.78, 5) is 20.4. The fourth-order valence-electron chi connectivity index (χ4n) is 3.81. The lowest BCUT2D eigenvalue weighted by molar-refractivity contribution is -0.138. The second-order valence-electron chi connectivity index (χ2n) is 7.97. The predicted molar refractivity (Wildman–Crippen MR) is 122 cm³/mol. The molecular formula is C23H24ClF2N5O3. The molecule has 3 aromatic rings. The molecule has 0 spiro atoms. The largest absolute Gasteiger partial charge is 0.482 e. The maximum atomic E-state index is 14.4. The predicted octanol–water partition coefficient (Wildman–Crippen LogP) is 4.83. The van der Waals surface area contributed by atoms with Gasteiger partial charge in [-0.1, -0.05) is 11.6 Å². The Kier molecular flexibility index (Phi) is 7.28. The van der Waals surface area contributed by atoms with E-state index in [9.17, 15) is 13.6 Å². The van der Waals surface area contributed by atoms with Crippen LogP contribution in [0.5, 0.6) is 5.75 Å². The number of anilines is 1. The van der Waals surface area contributed by atoms with Crippen LogP contribution in [0.3, 0.4) is 0 Å². The number of benzene rings is 1. The van der Waals surface area contributed by atoms with Gasteiger partial charge in [-0.05, 0) is 51.1 Å². The van der Waals surface area contributed by atoms with Crippen molar-refractivity contribution in [1.82, 2.24) is 20.1 Å². The molecule has 4 rings (SSSR count). The lowest BCUT2D eigenvalue weighted by atomic mass is 10.1. The van der Waals surface area contributed by atoms with Gasteiger partial charge in [-0.3, -0.25) is 9.48 Å². The number of carbonyl (C=O) groups is 1. The minimum atomic E-state index is -0.976. The first kappa shape index (κ1) is 23.9.